The van der Waals surface area contributed by atoms with Crippen molar-refractivity contribution >= 4 is 0 Å². The lowest BCUT2D eigenvalue weighted by Crippen LogP contribution is -2.54. The number of likely N-dealkylation sites (N-methyl/N-ethyl adjacent to an activating group) is 1. The molecule has 1 N–H and O–H groups in total. The van der Waals surface area contributed by atoms with Gasteiger partial charge in [-0.15, -0.1) is 0 Å². The van der Waals surface area contributed by atoms with E-state index in [2.05, 4.69) is 27.8 Å². The molecular weight excluding hydrogens is 202 g/mol. The number of nitrogens with zero attached hydrogens (tertiary/aromatic N) is 1. The van der Waals surface area contributed by atoms with Gasteiger partial charge in [-0.05, 0) is 11.8 Å². The summed E-state index contributed by atoms with van der Waals surface area (Å²) in [5, 5.41) is 9.29. The molecule has 0 aromatic carbocycles. The first kappa shape index (κ1) is 13.9. The summed E-state index contributed by atoms with van der Waals surface area (Å²) in [6.07, 6.45) is 1.10. The van der Waals surface area contributed by atoms with E-state index < -0.39 is 0 Å². The van der Waals surface area contributed by atoms with E-state index in [1.165, 1.54) is 6.54 Å². The highest BCUT2D eigenvalue weighted by atomic mass is 16.5. The molecular formula is C13H28NO2+. The van der Waals surface area contributed by atoms with E-state index in [1.807, 2.05) is 0 Å². The Hall–Kier alpha value is -0.120. The maximum absolute atomic E-state index is 9.29. The second-order valence-electron chi connectivity index (χ2n) is 6.49. The summed E-state index contributed by atoms with van der Waals surface area (Å²) in [6, 6.07) is 0. The summed E-state index contributed by atoms with van der Waals surface area (Å²) in [6.45, 7) is 12.1. The molecule has 1 heterocycles. The predicted molar refractivity (Wildman–Crippen MR) is 66.3 cm³/mol. The Bertz CT molecular complexity index is 210. The van der Waals surface area contributed by atoms with E-state index in [1.54, 1.807) is 0 Å². The summed E-state index contributed by atoms with van der Waals surface area (Å²) < 4.78 is 6.54. The van der Waals surface area contributed by atoms with Gasteiger partial charge in [0.2, 0.25) is 0 Å². The van der Waals surface area contributed by atoms with Crippen LogP contribution in [0.4, 0.5) is 0 Å². The first-order chi connectivity index (χ1) is 7.37. The van der Waals surface area contributed by atoms with Crippen molar-refractivity contribution in [2.24, 2.45) is 11.3 Å². The van der Waals surface area contributed by atoms with Crippen LogP contribution in [0.1, 0.15) is 27.2 Å². The molecule has 0 spiro atoms. The Kier molecular flexibility index (Phi) is 4.77. The SMILES string of the molecule is CC(CC(C)(C)CO)C[N+]1(C)CCOCC1. The Morgan fingerprint density at radius 3 is 2.38 bits per heavy atom. The van der Waals surface area contributed by atoms with Gasteiger partial charge in [0.25, 0.3) is 0 Å². The van der Waals surface area contributed by atoms with Crippen molar-refractivity contribution < 1.29 is 14.3 Å². The van der Waals surface area contributed by atoms with Gasteiger partial charge in [0.1, 0.15) is 13.1 Å². The predicted octanol–water partition coefficient (Wildman–Crippen LogP) is 1.51. The molecule has 1 saturated heterocycles. The zero-order valence-corrected chi connectivity index (χ0v) is 11.3. The molecule has 0 bridgehead atoms. The number of aliphatic hydroxyl groups excluding tert-OH is 1. The maximum Gasteiger partial charge on any atom is 0.102 e. The second kappa shape index (κ2) is 5.48. The normalized spacial score (nSPS) is 23.1. The van der Waals surface area contributed by atoms with Gasteiger partial charge in [0.15, 0.2) is 0 Å². The molecule has 3 heteroatoms. The molecule has 0 aliphatic carbocycles. The average molecular weight is 230 g/mol. The van der Waals surface area contributed by atoms with Crippen molar-refractivity contribution in [3.63, 3.8) is 0 Å². The van der Waals surface area contributed by atoms with Crippen molar-refractivity contribution in [2.75, 3.05) is 46.5 Å². The number of hydrogen-bond acceptors (Lipinski definition) is 2. The van der Waals surface area contributed by atoms with Crippen LogP contribution in [0.3, 0.4) is 0 Å². The van der Waals surface area contributed by atoms with Crippen molar-refractivity contribution in [3.05, 3.63) is 0 Å². The van der Waals surface area contributed by atoms with Crippen LogP contribution in [-0.2, 0) is 4.74 Å². The Morgan fingerprint density at radius 1 is 1.31 bits per heavy atom. The molecule has 1 unspecified atom stereocenters. The molecule has 0 aromatic heterocycles. The summed E-state index contributed by atoms with van der Waals surface area (Å²) in [5.74, 6) is 0.658. The third-order valence-corrected chi connectivity index (χ3v) is 3.63. The molecule has 1 atom stereocenters. The van der Waals surface area contributed by atoms with E-state index in [0.717, 1.165) is 37.2 Å². The van der Waals surface area contributed by atoms with Crippen LogP contribution in [0, 0.1) is 11.3 Å². The Labute approximate surface area is 100.0 Å². The molecule has 1 rings (SSSR count). The summed E-state index contributed by atoms with van der Waals surface area (Å²) in [5.41, 5.74) is 0.0604. The number of hydrogen-bond donors (Lipinski definition) is 1. The minimum atomic E-state index is 0.0604. The van der Waals surface area contributed by atoms with Crippen LogP contribution in [-0.4, -0.2) is 56.1 Å². The number of rotatable bonds is 5. The average Bonchev–Trinajstić information content (AvgIpc) is 2.17. The van der Waals surface area contributed by atoms with Crippen LogP contribution in [0.15, 0.2) is 0 Å². The minimum Gasteiger partial charge on any atom is -0.396 e. The van der Waals surface area contributed by atoms with Crippen molar-refractivity contribution in [1.29, 1.82) is 0 Å². The van der Waals surface area contributed by atoms with E-state index in [4.69, 9.17) is 4.74 Å². The van der Waals surface area contributed by atoms with Gasteiger partial charge in [-0.2, -0.15) is 0 Å². The van der Waals surface area contributed by atoms with Gasteiger partial charge < -0.3 is 14.3 Å². The lowest BCUT2D eigenvalue weighted by Gasteiger charge is -2.40. The number of aliphatic hydroxyl groups is 1. The highest BCUT2D eigenvalue weighted by Gasteiger charge is 2.30. The van der Waals surface area contributed by atoms with Gasteiger partial charge in [-0.3, -0.25) is 0 Å². The van der Waals surface area contributed by atoms with Gasteiger partial charge in [-0.25, -0.2) is 0 Å². The highest BCUT2D eigenvalue weighted by molar-refractivity contribution is 4.70. The highest BCUT2D eigenvalue weighted by Crippen LogP contribution is 2.26. The second-order valence-corrected chi connectivity index (χ2v) is 6.49. The van der Waals surface area contributed by atoms with E-state index in [-0.39, 0.29) is 12.0 Å². The van der Waals surface area contributed by atoms with E-state index in [9.17, 15) is 5.11 Å². The fourth-order valence-corrected chi connectivity index (χ4v) is 2.79. The first-order valence-corrected chi connectivity index (χ1v) is 6.39. The first-order valence-electron chi connectivity index (χ1n) is 6.39. The monoisotopic (exact) mass is 230 g/mol. The number of quaternary nitrogens is 1. The summed E-state index contributed by atoms with van der Waals surface area (Å²) >= 11 is 0. The molecule has 1 fully saturated rings. The molecule has 0 aromatic rings. The van der Waals surface area contributed by atoms with Crippen LogP contribution < -0.4 is 0 Å². The Morgan fingerprint density at radius 2 is 1.88 bits per heavy atom. The van der Waals surface area contributed by atoms with Crippen molar-refractivity contribution in [3.8, 4) is 0 Å². The molecule has 0 radical (unpaired) electrons. The van der Waals surface area contributed by atoms with Crippen LogP contribution in [0.2, 0.25) is 0 Å². The maximum atomic E-state index is 9.29. The molecule has 1 aliphatic rings. The standard InChI is InChI=1S/C13H28NO2/c1-12(9-13(2,3)11-15)10-14(4)5-7-16-8-6-14/h12,15H,5-11H2,1-4H3/q+1. The zero-order valence-electron chi connectivity index (χ0n) is 11.3. The quantitative estimate of drug-likeness (QED) is 0.725. The largest absolute Gasteiger partial charge is 0.396 e. The molecule has 0 saturated carbocycles. The zero-order chi connectivity index (χ0) is 12.2. The molecule has 0 amide bonds. The van der Waals surface area contributed by atoms with E-state index >= 15 is 0 Å². The van der Waals surface area contributed by atoms with E-state index in [0.29, 0.717) is 5.92 Å². The third-order valence-electron chi connectivity index (χ3n) is 3.63. The number of ether oxygens (including phenoxy) is 1. The number of morpholine rings is 1. The lowest BCUT2D eigenvalue weighted by atomic mass is 9.84. The smallest absolute Gasteiger partial charge is 0.102 e. The van der Waals surface area contributed by atoms with Crippen LogP contribution >= 0.6 is 0 Å². The lowest BCUT2D eigenvalue weighted by molar-refractivity contribution is -0.919. The molecule has 1 aliphatic heterocycles. The van der Waals surface area contributed by atoms with Gasteiger partial charge in [0, 0.05) is 12.5 Å². The van der Waals surface area contributed by atoms with Crippen molar-refractivity contribution in [1.82, 2.24) is 0 Å². The summed E-state index contributed by atoms with van der Waals surface area (Å²) in [4.78, 5) is 0. The van der Waals surface area contributed by atoms with Crippen LogP contribution in [0.5, 0.6) is 0 Å². The topological polar surface area (TPSA) is 29.5 Å². The van der Waals surface area contributed by atoms with Crippen molar-refractivity contribution in [2.45, 2.75) is 27.2 Å². The Balaban J connectivity index is 2.40. The van der Waals surface area contributed by atoms with Gasteiger partial charge in [0.05, 0.1) is 26.8 Å². The fourth-order valence-electron chi connectivity index (χ4n) is 2.79. The minimum absolute atomic E-state index is 0.0604. The molecule has 96 valence electrons. The van der Waals surface area contributed by atoms with Gasteiger partial charge in [-0.1, -0.05) is 20.8 Å². The molecule has 16 heavy (non-hydrogen) atoms. The van der Waals surface area contributed by atoms with Gasteiger partial charge >= 0.3 is 0 Å². The molecule has 3 nitrogen and oxygen atoms in total. The van der Waals surface area contributed by atoms with Crippen LogP contribution in [0.25, 0.3) is 0 Å². The third kappa shape index (κ3) is 4.40. The fraction of sp³-hybridized carbons (Fsp3) is 1.00. The summed E-state index contributed by atoms with van der Waals surface area (Å²) in [7, 11) is 2.32.